The van der Waals surface area contributed by atoms with Crippen molar-refractivity contribution < 1.29 is 9.32 Å². The van der Waals surface area contributed by atoms with Gasteiger partial charge in [-0.3, -0.25) is 4.79 Å². The third kappa shape index (κ3) is 3.50. The van der Waals surface area contributed by atoms with Crippen LogP contribution in [0.15, 0.2) is 28.9 Å². The number of aryl methyl sites for hydroxylation is 2. The Morgan fingerprint density at radius 2 is 2.29 bits per heavy atom. The number of nitrogens with one attached hydrogen (secondary N) is 1. The van der Waals surface area contributed by atoms with Gasteiger partial charge in [-0.25, -0.2) is 0 Å². The highest BCUT2D eigenvalue weighted by atomic mass is 16.5. The third-order valence-corrected chi connectivity index (χ3v) is 3.02. The summed E-state index contributed by atoms with van der Waals surface area (Å²) in [5, 5.41) is 6.45. The molecule has 0 atom stereocenters. The highest BCUT2D eigenvalue weighted by molar-refractivity contribution is 6.03. The molecule has 0 fully saturated rings. The molecule has 1 heterocycles. The van der Waals surface area contributed by atoms with Crippen LogP contribution >= 0.6 is 0 Å². The van der Waals surface area contributed by atoms with Gasteiger partial charge in [0.2, 0.25) is 5.76 Å². The van der Waals surface area contributed by atoms with Crippen LogP contribution < -0.4 is 11.1 Å². The van der Waals surface area contributed by atoms with E-state index in [4.69, 9.17) is 10.3 Å². The molecule has 5 nitrogen and oxygen atoms in total. The Bertz CT molecular complexity index is 708. The summed E-state index contributed by atoms with van der Waals surface area (Å²) in [4.78, 5) is 12.1. The largest absolute Gasteiger partial charge is 0.351 e. The second kappa shape index (κ2) is 6.73. The van der Waals surface area contributed by atoms with Crippen molar-refractivity contribution in [2.45, 2.75) is 20.3 Å². The standard InChI is InChI=1S/C16H17N3O2/c1-3-13-9-12(5-4-8-17)6-7-14(13)19-16(20)15-11(2)10-18-21-15/h6-7,9-10H,3,8,17H2,1-2H3,(H,19,20). The Hall–Kier alpha value is -2.58. The Morgan fingerprint density at radius 1 is 1.48 bits per heavy atom. The lowest BCUT2D eigenvalue weighted by atomic mass is 10.1. The molecule has 0 saturated heterocycles. The number of carbonyl (C=O) groups excluding carboxylic acids is 1. The van der Waals surface area contributed by atoms with Crippen molar-refractivity contribution in [2.75, 3.05) is 11.9 Å². The van der Waals surface area contributed by atoms with Gasteiger partial charge in [0, 0.05) is 16.8 Å². The molecule has 0 spiro atoms. The number of hydrogen-bond donors (Lipinski definition) is 2. The molecule has 3 N–H and O–H groups in total. The van der Waals surface area contributed by atoms with Gasteiger partial charge in [-0.1, -0.05) is 23.9 Å². The van der Waals surface area contributed by atoms with Gasteiger partial charge in [0.25, 0.3) is 5.91 Å². The number of nitrogens with two attached hydrogens (primary N) is 1. The molecule has 0 aliphatic carbocycles. The van der Waals surface area contributed by atoms with Crippen LogP contribution in [0.1, 0.15) is 34.2 Å². The Balaban J connectivity index is 2.24. The smallest absolute Gasteiger partial charge is 0.294 e. The van der Waals surface area contributed by atoms with Gasteiger partial charge >= 0.3 is 0 Å². The van der Waals surface area contributed by atoms with Crippen LogP contribution in [-0.2, 0) is 6.42 Å². The number of hydrogen-bond acceptors (Lipinski definition) is 4. The average molecular weight is 283 g/mol. The molecule has 1 amide bonds. The minimum atomic E-state index is -0.305. The quantitative estimate of drug-likeness (QED) is 0.845. The van der Waals surface area contributed by atoms with Gasteiger partial charge in [0.1, 0.15) is 0 Å². The molecule has 108 valence electrons. The molecule has 0 saturated carbocycles. The van der Waals surface area contributed by atoms with Crippen molar-refractivity contribution in [1.29, 1.82) is 0 Å². The highest BCUT2D eigenvalue weighted by Gasteiger charge is 2.15. The SMILES string of the molecule is CCc1cc(C#CCN)ccc1NC(=O)c1oncc1C. The summed E-state index contributed by atoms with van der Waals surface area (Å²) in [6, 6.07) is 5.64. The fourth-order valence-electron chi connectivity index (χ4n) is 1.93. The van der Waals surface area contributed by atoms with E-state index in [0.29, 0.717) is 12.1 Å². The normalized spacial score (nSPS) is 9.86. The first-order chi connectivity index (χ1) is 10.2. The lowest BCUT2D eigenvalue weighted by molar-refractivity contribution is 0.0987. The number of aromatic nitrogens is 1. The topological polar surface area (TPSA) is 81.1 Å². The molecule has 21 heavy (non-hydrogen) atoms. The fraction of sp³-hybridized carbons (Fsp3) is 0.250. The first kappa shape index (κ1) is 14.8. The minimum Gasteiger partial charge on any atom is -0.351 e. The van der Waals surface area contributed by atoms with E-state index >= 15 is 0 Å². The fourth-order valence-corrected chi connectivity index (χ4v) is 1.93. The summed E-state index contributed by atoms with van der Waals surface area (Å²) in [5.74, 6) is 5.71. The van der Waals surface area contributed by atoms with Gasteiger partial charge in [-0.2, -0.15) is 0 Å². The molecule has 0 aliphatic heterocycles. The van der Waals surface area contributed by atoms with E-state index in [9.17, 15) is 4.79 Å². The molecule has 0 radical (unpaired) electrons. The molecule has 0 bridgehead atoms. The predicted octanol–water partition coefficient (Wildman–Crippen LogP) is 2.11. The Labute approximate surface area is 123 Å². The average Bonchev–Trinajstić information content (AvgIpc) is 2.92. The zero-order chi connectivity index (χ0) is 15.2. The van der Waals surface area contributed by atoms with Crippen LogP contribution in [0.25, 0.3) is 0 Å². The molecule has 5 heteroatoms. The van der Waals surface area contributed by atoms with Gasteiger partial charge in [-0.05, 0) is 37.1 Å². The third-order valence-electron chi connectivity index (χ3n) is 3.02. The number of amides is 1. The van der Waals surface area contributed by atoms with Crippen molar-refractivity contribution in [3.05, 3.63) is 46.8 Å². The molecule has 2 rings (SSSR count). The van der Waals surface area contributed by atoms with E-state index in [-0.39, 0.29) is 11.7 Å². The maximum Gasteiger partial charge on any atom is 0.294 e. The van der Waals surface area contributed by atoms with E-state index in [0.717, 1.165) is 23.2 Å². The number of anilines is 1. The van der Waals surface area contributed by atoms with Crippen molar-refractivity contribution in [3.63, 3.8) is 0 Å². The van der Waals surface area contributed by atoms with Crippen LogP contribution in [0.5, 0.6) is 0 Å². The van der Waals surface area contributed by atoms with Gasteiger partial charge < -0.3 is 15.6 Å². The number of rotatable bonds is 3. The monoisotopic (exact) mass is 283 g/mol. The Morgan fingerprint density at radius 3 is 2.90 bits per heavy atom. The Kier molecular flexibility index (Phi) is 4.75. The van der Waals surface area contributed by atoms with Crippen molar-refractivity contribution in [3.8, 4) is 11.8 Å². The number of benzene rings is 1. The van der Waals surface area contributed by atoms with Crippen LogP contribution in [-0.4, -0.2) is 17.6 Å². The van der Waals surface area contributed by atoms with E-state index in [1.165, 1.54) is 6.20 Å². The predicted molar refractivity (Wildman–Crippen MR) is 80.9 cm³/mol. The van der Waals surface area contributed by atoms with E-state index < -0.39 is 0 Å². The summed E-state index contributed by atoms with van der Waals surface area (Å²) >= 11 is 0. The molecule has 0 unspecified atom stereocenters. The van der Waals surface area contributed by atoms with Crippen LogP contribution in [0.3, 0.4) is 0 Å². The second-order valence-electron chi connectivity index (χ2n) is 4.52. The molecule has 2 aromatic rings. The molecule has 1 aromatic carbocycles. The van der Waals surface area contributed by atoms with Gasteiger partial charge in [0.15, 0.2) is 0 Å². The van der Waals surface area contributed by atoms with Crippen molar-refractivity contribution in [1.82, 2.24) is 5.16 Å². The molecule has 0 aliphatic rings. The van der Waals surface area contributed by atoms with Crippen molar-refractivity contribution in [2.24, 2.45) is 5.73 Å². The molecular formula is C16H17N3O2. The maximum atomic E-state index is 12.1. The summed E-state index contributed by atoms with van der Waals surface area (Å²) in [6.45, 7) is 4.12. The summed E-state index contributed by atoms with van der Waals surface area (Å²) < 4.78 is 4.95. The summed E-state index contributed by atoms with van der Waals surface area (Å²) in [7, 11) is 0. The van der Waals surface area contributed by atoms with Gasteiger partial charge in [-0.15, -0.1) is 0 Å². The minimum absolute atomic E-state index is 0.226. The zero-order valence-electron chi connectivity index (χ0n) is 12.1. The first-order valence-electron chi connectivity index (χ1n) is 6.70. The van der Waals surface area contributed by atoms with E-state index in [2.05, 4.69) is 22.3 Å². The zero-order valence-corrected chi connectivity index (χ0v) is 12.1. The lowest BCUT2D eigenvalue weighted by Crippen LogP contribution is -2.13. The first-order valence-corrected chi connectivity index (χ1v) is 6.70. The second-order valence-corrected chi connectivity index (χ2v) is 4.52. The molecular weight excluding hydrogens is 266 g/mol. The summed E-state index contributed by atoms with van der Waals surface area (Å²) in [5.41, 5.74) is 8.70. The number of carbonyl (C=O) groups is 1. The lowest BCUT2D eigenvalue weighted by Gasteiger charge is -2.09. The van der Waals surface area contributed by atoms with E-state index in [1.807, 2.05) is 25.1 Å². The van der Waals surface area contributed by atoms with Gasteiger partial charge in [0.05, 0.1) is 12.7 Å². The number of nitrogens with zero attached hydrogens (tertiary/aromatic N) is 1. The highest BCUT2D eigenvalue weighted by Crippen LogP contribution is 2.19. The van der Waals surface area contributed by atoms with E-state index in [1.54, 1.807) is 6.92 Å². The molecule has 1 aromatic heterocycles. The van der Waals surface area contributed by atoms with Crippen LogP contribution in [0.4, 0.5) is 5.69 Å². The maximum absolute atomic E-state index is 12.1. The summed E-state index contributed by atoms with van der Waals surface area (Å²) in [6.07, 6.45) is 2.30. The van der Waals surface area contributed by atoms with Crippen LogP contribution in [0, 0.1) is 18.8 Å². The van der Waals surface area contributed by atoms with Crippen LogP contribution in [0.2, 0.25) is 0 Å². The van der Waals surface area contributed by atoms with Crippen molar-refractivity contribution >= 4 is 11.6 Å².